The van der Waals surface area contributed by atoms with Crippen LogP contribution in [-0.2, 0) is 14.3 Å². The van der Waals surface area contributed by atoms with E-state index in [1.54, 1.807) is 18.2 Å². The number of carbonyl (C=O) groups is 3. The van der Waals surface area contributed by atoms with Crippen molar-refractivity contribution in [2.24, 2.45) is 0 Å². The molecule has 166 valence electrons. The summed E-state index contributed by atoms with van der Waals surface area (Å²) in [5.41, 5.74) is 0.372. The van der Waals surface area contributed by atoms with Gasteiger partial charge in [0.15, 0.2) is 11.5 Å². The first-order valence-electron chi connectivity index (χ1n) is 9.06. The summed E-state index contributed by atoms with van der Waals surface area (Å²) in [4.78, 5) is 51.6. The fourth-order valence-corrected chi connectivity index (χ4v) is 3.66. The molecular weight excluding hydrogens is 442 g/mol. The number of ether oxygens (including phenoxy) is 3. The van der Waals surface area contributed by atoms with Crippen LogP contribution < -0.4 is 9.47 Å². The number of methoxy groups -OCH3 is 2. The number of hydrogen-bond donors (Lipinski definition) is 0. The molecule has 2 amide bonds. The van der Waals surface area contributed by atoms with Crippen molar-refractivity contribution in [3.63, 3.8) is 0 Å². The number of esters is 1. The zero-order valence-electron chi connectivity index (χ0n) is 17.1. The number of thioether (sulfide) groups is 1. The molecule has 1 saturated heterocycles. The smallest absolute Gasteiger partial charge is 0.328 e. The number of aromatic nitrogens is 1. The number of benzene rings is 1. The highest BCUT2D eigenvalue weighted by molar-refractivity contribution is 8.18. The Hall–Kier alpha value is -3.93. The number of rotatable bonds is 7. The van der Waals surface area contributed by atoms with Crippen LogP contribution in [0.3, 0.4) is 0 Å². The molecule has 1 aliphatic heterocycles. The molecule has 0 spiro atoms. The maximum absolute atomic E-state index is 12.6. The molecule has 0 radical (unpaired) electrons. The Morgan fingerprint density at radius 1 is 1.22 bits per heavy atom. The summed E-state index contributed by atoms with van der Waals surface area (Å²) in [5, 5.41) is 10.2. The summed E-state index contributed by atoms with van der Waals surface area (Å²) < 4.78 is 15.5. The number of nitro groups is 1. The summed E-state index contributed by atoms with van der Waals surface area (Å²) in [6.45, 7) is 1.41. The molecule has 1 aliphatic rings. The summed E-state index contributed by atoms with van der Waals surface area (Å²) in [6, 6.07) is 6.34. The summed E-state index contributed by atoms with van der Waals surface area (Å²) in [6.07, 6.45) is 2.56. The molecule has 1 atom stereocenters. The fourth-order valence-electron chi connectivity index (χ4n) is 2.75. The molecule has 3 rings (SSSR count). The highest BCUT2D eigenvalue weighted by Gasteiger charge is 2.41. The predicted octanol–water partition coefficient (Wildman–Crippen LogP) is 3.39. The molecule has 0 N–H and O–H groups in total. The second-order valence-electron chi connectivity index (χ2n) is 6.37. The first kappa shape index (κ1) is 22.7. The van der Waals surface area contributed by atoms with E-state index in [9.17, 15) is 24.5 Å². The minimum absolute atomic E-state index is 0.125. The number of hydrogen-bond acceptors (Lipinski definition) is 10. The van der Waals surface area contributed by atoms with Gasteiger partial charge in [0.1, 0.15) is 12.2 Å². The number of nitrogens with zero attached hydrogens (tertiary/aromatic N) is 3. The van der Waals surface area contributed by atoms with Crippen molar-refractivity contribution in [2.75, 3.05) is 14.2 Å². The minimum Gasteiger partial charge on any atom is -0.493 e. The van der Waals surface area contributed by atoms with E-state index in [0.29, 0.717) is 28.8 Å². The predicted molar refractivity (Wildman–Crippen MR) is 113 cm³/mol. The van der Waals surface area contributed by atoms with Crippen molar-refractivity contribution < 1.29 is 33.5 Å². The van der Waals surface area contributed by atoms with E-state index in [2.05, 4.69) is 9.72 Å². The van der Waals surface area contributed by atoms with Crippen LogP contribution in [0.2, 0.25) is 0 Å². The van der Waals surface area contributed by atoms with E-state index < -0.39 is 28.1 Å². The SMILES string of the molecule is COC(=O)[C@H](C)N1C(=O)S/C(=C\c2ccc(Oc3ccc([N+](=O)[O-])cn3)c(OC)c2)C1=O. The van der Waals surface area contributed by atoms with E-state index >= 15 is 0 Å². The lowest BCUT2D eigenvalue weighted by Gasteiger charge is -2.18. The average Bonchev–Trinajstić information content (AvgIpc) is 3.06. The van der Waals surface area contributed by atoms with Gasteiger partial charge in [-0.25, -0.2) is 9.78 Å². The molecule has 2 aromatic rings. The molecule has 32 heavy (non-hydrogen) atoms. The lowest BCUT2D eigenvalue weighted by molar-refractivity contribution is -0.385. The Labute approximate surface area is 186 Å². The van der Waals surface area contributed by atoms with Crippen molar-refractivity contribution in [3.05, 3.63) is 57.1 Å². The van der Waals surface area contributed by atoms with E-state index in [4.69, 9.17) is 9.47 Å². The van der Waals surface area contributed by atoms with Gasteiger partial charge in [-0.2, -0.15) is 0 Å². The van der Waals surface area contributed by atoms with Gasteiger partial charge in [0, 0.05) is 12.1 Å². The number of carbonyl (C=O) groups excluding carboxylic acids is 3. The lowest BCUT2D eigenvalue weighted by atomic mass is 10.1. The zero-order valence-corrected chi connectivity index (χ0v) is 18.0. The van der Waals surface area contributed by atoms with E-state index in [1.807, 2.05) is 0 Å². The number of pyridine rings is 1. The molecule has 0 unspecified atom stereocenters. The quantitative estimate of drug-likeness (QED) is 0.262. The zero-order chi connectivity index (χ0) is 23.4. The second-order valence-corrected chi connectivity index (χ2v) is 7.37. The van der Waals surface area contributed by atoms with Crippen LogP contribution in [0.25, 0.3) is 6.08 Å². The molecule has 12 heteroatoms. The monoisotopic (exact) mass is 459 g/mol. The van der Waals surface area contributed by atoms with Crippen molar-refractivity contribution in [3.8, 4) is 17.4 Å². The molecule has 1 aromatic carbocycles. The highest BCUT2D eigenvalue weighted by Crippen LogP contribution is 2.36. The Kier molecular flexibility index (Phi) is 6.73. The molecular formula is C20H17N3O8S. The van der Waals surface area contributed by atoms with Crippen LogP contribution >= 0.6 is 11.8 Å². The Morgan fingerprint density at radius 2 is 1.97 bits per heavy atom. The molecule has 0 bridgehead atoms. The number of amides is 2. The van der Waals surface area contributed by atoms with Crippen molar-refractivity contribution in [2.45, 2.75) is 13.0 Å². The van der Waals surface area contributed by atoms with Crippen molar-refractivity contribution in [1.82, 2.24) is 9.88 Å². The van der Waals surface area contributed by atoms with Crippen LogP contribution in [0.15, 0.2) is 41.4 Å². The number of imide groups is 1. The van der Waals surface area contributed by atoms with Gasteiger partial charge in [0.2, 0.25) is 5.88 Å². The van der Waals surface area contributed by atoms with E-state index in [-0.39, 0.29) is 16.5 Å². The van der Waals surface area contributed by atoms with Gasteiger partial charge < -0.3 is 14.2 Å². The topological polar surface area (TPSA) is 138 Å². The third kappa shape index (κ3) is 4.70. The summed E-state index contributed by atoms with van der Waals surface area (Å²) >= 11 is 0.710. The van der Waals surface area contributed by atoms with Gasteiger partial charge >= 0.3 is 5.97 Å². The third-order valence-electron chi connectivity index (χ3n) is 4.38. The first-order chi connectivity index (χ1) is 15.2. The van der Waals surface area contributed by atoms with Gasteiger partial charge in [-0.1, -0.05) is 6.07 Å². The fraction of sp³-hybridized carbons (Fsp3) is 0.200. The minimum atomic E-state index is -1.04. The summed E-state index contributed by atoms with van der Waals surface area (Å²) in [7, 11) is 2.59. The Balaban J connectivity index is 1.82. The average molecular weight is 459 g/mol. The maximum atomic E-state index is 12.6. The van der Waals surface area contributed by atoms with Crippen LogP contribution in [0.4, 0.5) is 10.5 Å². The Bertz CT molecular complexity index is 1120. The highest BCUT2D eigenvalue weighted by atomic mass is 32.2. The molecule has 11 nitrogen and oxygen atoms in total. The van der Waals surface area contributed by atoms with Gasteiger partial charge in [-0.15, -0.1) is 0 Å². The largest absolute Gasteiger partial charge is 0.493 e. The molecule has 1 fully saturated rings. The molecule has 1 aromatic heterocycles. The van der Waals surface area contributed by atoms with E-state index in [1.165, 1.54) is 39.4 Å². The second kappa shape index (κ2) is 9.47. The first-order valence-corrected chi connectivity index (χ1v) is 9.88. The van der Waals surface area contributed by atoms with Crippen molar-refractivity contribution >= 4 is 40.6 Å². The maximum Gasteiger partial charge on any atom is 0.328 e. The van der Waals surface area contributed by atoms with Gasteiger partial charge in [0.05, 0.1) is 24.0 Å². The van der Waals surface area contributed by atoms with Crippen LogP contribution in [0, 0.1) is 10.1 Å². The Morgan fingerprint density at radius 3 is 2.56 bits per heavy atom. The van der Waals surface area contributed by atoms with Crippen LogP contribution in [0.5, 0.6) is 17.4 Å². The van der Waals surface area contributed by atoms with E-state index in [0.717, 1.165) is 11.1 Å². The van der Waals surface area contributed by atoms with Crippen molar-refractivity contribution in [1.29, 1.82) is 0 Å². The van der Waals surface area contributed by atoms with Gasteiger partial charge in [-0.3, -0.25) is 24.6 Å². The molecule has 0 aliphatic carbocycles. The normalized spacial score (nSPS) is 15.6. The standard InChI is InChI=1S/C20H17N3O8S/c1-11(19(25)30-3)22-18(24)16(32-20(22)26)9-12-4-6-14(15(8-12)29-2)31-17-7-5-13(10-21-17)23(27)28/h4-11H,1-3H3/b16-9-/t11-/m0/s1. The summed E-state index contributed by atoms with van der Waals surface area (Å²) in [5.74, 6) is -0.581. The van der Waals surface area contributed by atoms with Crippen LogP contribution in [0.1, 0.15) is 12.5 Å². The third-order valence-corrected chi connectivity index (χ3v) is 5.27. The van der Waals surface area contributed by atoms with Crippen LogP contribution in [-0.4, -0.2) is 52.2 Å². The molecule has 0 saturated carbocycles. The van der Waals surface area contributed by atoms with Gasteiger partial charge in [0.25, 0.3) is 16.8 Å². The molecule has 2 heterocycles. The van der Waals surface area contributed by atoms with Gasteiger partial charge in [-0.05, 0) is 42.5 Å². The lowest BCUT2D eigenvalue weighted by Crippen LogP contribution is -2.42.